The number of carbonyl (C=O) groups excluding carboxylic acids is 1. The molecule has 0 bridgehead atoms. The van der Waals surface area contributed by atoms with E-state index in [9.17, 15) is 9.59 Å². The van der Waals surface area contributed by atoms with Crippen molar-refractivity contribution in [2.45, 2.75) is 38.6 Å². The van der Waals surface area contributed by atoms with Crippen LogP contribution in [0.3, 0.4) is 0 Å². The van der Waals surface area contributed by atoms with Crippen molar-refractivity contribution < 1.29 is 14.7 Å². The molecule has 2 saturated heterocycles. The molecule has 2 rings (SSSR count). The Labute approximate surface area is 108 Å². The molecule has 0 spiro atoms. The lowest BCUT2D eigenvalue weighted by atomic mass is 9.90. The average molecular weight is 254 g/mol. The van der Waals surface area contributed by atoms with E-state index in [0.29, 0.717) is 25.4 Å². The molecule has 2 heterocycles. The highest BCUT2D eigenvalue weighted by molar-refractivity contribution is 5.83. The van der Waals surface area contributed by atoms with Crippen LogP contribution in [-0.2, 0) is 9.59 Å². The topological polar surface area (TPSA) is 69.6 Å². The number of nitrogens with one attached hydrogen (secondary N) is 1. The molecule has 1 amide bonds. The minimum atomic E-state index is -0.780. The van der Waals surface area contributed by atoms with E-state index in [-0.39, 0.29) is 17.9 Å². The molecule has 2 unspecified atom stereocenters. The molecular formula is C13H22N2O3. The van der Waals surface area contributed by atoms with E-state index in [4.69, 9.17) is 5.11 Å². The van der Waals surface area contributed by atoms with E-state index < -0.39 is 5.97 Å². The number of rotatable bonds is 2. The Balaban J connectivity index is 1.97. The predicted octanol–water partition coefficient (Wildman–Crippen LogP) is 0.698. The number of nitrogens with zero attached hydrogens (tertiary/aromatic N) is 1. The number of hydrogen-bond acceptors (Lipinski definition) is 3. The second-order valence-corrected chi connectivity index (χ2v) is 5.51. The fourth-order valence-electron chi connectivity index (χ4n) is 2.96. The van der Waals surface area contributed by atoms with E-state index >= 15 is 0 Å². The normalized spacial score (nSPS) is 33.2. The first kappa shape index (κ1) is 13.3. The van der Waals surface area contributed by atoms with Gasteiger partial charge in [-0.1, -0.05) is 6.92 Å². The summed E-state index contributed by atoms with van der Waals surface area (Å²) < 4.78 is 0. The molecule has 102 valence electrons. The average Bonchev–Trinajstić information content (AvgIpc) is 2.38. The first-order valence-corrected chi connectivity index (χ1v) is 6.84. The molecule has 0 radical (unpaired) electrons. The molecule has 2 aliphatic heterocycles. The largest absolute Gasteiger partial charge is 0.481 e. The van der Waals surface area contributed by atoms with Crippen molar-refractivity contribution in [1.82, 2.24) is 10.2 Å². The summed E-state index contributed by atoms with van der Waals surface area (Å²) in [4.78, 5) is 25.1. The van der Waals surface area contributed by atoms with Gasteiger partial charge in [0.2, 0.25) is 5.91 Å². The number of piperidine rings is 2. The second-order valence-electron chi connectivity index (χ2n) is 5.51. The maximum Gasteiger partial charge on any atom is 0.308 e. The quantitative estimate of drug-likeness (QED) is 0.761. The van der Waals surface area contributed by atoms with Gasteiger partial charge in [-0.2, -0.15) is 0 Å². The Hall–Kier alpha value is -1.10. The summed E-state index contributed by atoms with van der Waals surface area (Å²) in [7, 11) is 0. The molecular weight excluding hydrogens is 232 g/mol. The van der Waals surface area contributed by atoms with E-state index in [0.717, 1.165) is 25.8 Å². The standard InChI is InChI=1S/C13H22N2O3/c1-9-4-2-6-14-11(9)12(16)15-7-3-5-10(8-15)13(17)18/h9-11,14H,2-8H2,1H3,(H,17,18)/t9?,10-,11?/m1/s1. The first-order valence-electron chi connectivity index (χ1n) is 6.84. The predicted molar refractivity (Wildman–Crippen MR) is 67.1 cm³/mol. The third-order valence-corrected chi connectivity index (χ3v) is 4.12. The summed E-state index contributed by atoms with van der Waals surface area (Å²) in [5.74, 6) is -0.733. The molecule has 0 saturated carbocycles. The highest BCUT2D eigenvalue weighted by atomic mass is 16.4. The van der Waals surface area contributed by atoms with Crippen molar-refractivity contribution >= 4 is 11.9 Å². The minimum Gasteiger partial charge on any atom is -0.481 e. The molecule has 18 heavy (non-hydrogen) atoms. The van der Waals surface area contributed by atoms with Crippen LogP contribution in [0.25, 0.3) is 0 Å². The summed E-state index contributed by atoms with van der Waals surface area (Å²) in [5.41, 5.74) is 0. The Morgan fingerprint density at radius 2 is 2.06 bits per heavy atom. The number of hydrogen-bond donors (Lipinski definition) is 2. The van der Waals surface area contributed by atoms with Crippen molar-refractivity contribution in [2.75, 3.05) is 19.6 Å². The maximum atomic E-state index is 12.4. The highest BCUT2D eigenvalue weighted by Gasteiger charge is 2.34. The van der Waals surface area contributed by atoms with Gasteiger partial charge < -0.3 is 15.3 Å². The number of carboxylic acids is 1. The Bertz CT molecular complexity index is 332. The summed E-state index contributed by atoms with van der Waals surface area (Å²) in [5, 5.41) is 12.3. The fraction of sp³-hybridized carbons (Fsp3) is 0.846. The summed E-state index contributed by atoms with van der Waals surface area (Å²) >= 11 is 0. The van der Waals surface area contributed by atoms with Gasteiger partial charge in [-0.25, -0.2) is 0 Å². The zero-order valence-corrected chi connectivity index (χ0v) is 10.9. The summed E-state index contributed by atoms with van der Waals surface area (Å²) in [6.45, 7) is 4.05. The van der Waals surface area contributed by atoms with Gasteiger partial charge in [-0.05, 0) is 38.1 Å². The third kappa shape index (κ3) is 2.83. The molecule has 5 nitrogen and oxygen atoms in total. The van der Waals surface area contributed by atoms with E-state index in [1.807, 2.05) is 0 Å². The van der Waals surface area contributed by atoms with Gasteiger partial charge in [0, 0.05) is 13.1 Å². The third-order valence-electron chi connectivity index (χ3n) is 4.12. The highest BCUT2D eigenvalue weighted by Crippen LogP contribution is 2.22. The lowest BCUT2D eigenvalue weighted by Gasteiger charge is -2.37. The zero-order chi connectivity index (χ0) is 13.1. The van der Waals surface area contributed by atoms with Gasteiger partial charge in [-0.15, -0.1) is 0 Å². The van der Waals surface area contributed by atoms with Crippen molar-refractivity contribution in [3.63, 3.8) is 0 Å². The summed E-state index contributed by atoms with van der Waals surface area (Å²) in [6.07, 6.45) is 3.67. The van der Waals surface area contributed by atoms with Crippen molar-refractivity contribution in [2.24, 2.45) is 11.8 Å². The second kappa shape index (κ2) is 5.69. The first-order chi connectivity index (χ1) is 8.59. The molecule has 2 fully saturated rings. The van der Waals surface area contributed by atoms with Crippen LogP contribution in [0, 0.1) is 11.8 Å². The van der Waals surface area contributed by atoms with Gasteiger partial charge in [0.05, 0.1) is 12.0 Å². The maximum absolute atomic E-state index is 12.4. The minimum absolute atomic E-state index is 0.0909. The smallest absolute Gasteiger partial charge is 0.308 e. The van der Waals surface area contributed by atoms with Crippen LogP contribution in [0.15, 0.2) is 0 Å². The Morgan fingerprint density at radius 1 is 1.28 bits per heavy atom. The molecule has 3 atom stereocenters. The van der Waals surface area contributed by atoms with Crippen molar-refractivity contribution in [1.29, 1.82) is 0 Å². The zero-order valence-electron chi connectivity index (χ0n) is 10.9. The molecule has 0 aliphatic carbocycles. The number of carboxylic acid groups (broad SMARTS) is 1. The molecule has 0 aromatic heterocycles. The van der Waals surface area contributed by atoms with Gasteiger partial charge >= 0.3 is 5.97 Å². The number of carbonyl (C=O) groups is 2. The van der Waals surface area contributed by atoms with Crippen LogP contribution in [0.2, 0.25) is 0 Å². The van der Waals surface area contributed by atoms with Crippen LogP contribution < -0.4 is 5.32 Å². The van der Waals surface area contributed by atoms with Crippen LogP contribution in [0.1, 0.15) is 32.6 Å². The number of amides is 1. The molecule has 5 heteroatoms. The van der Waals surface area contributed by atoms with Crippen LogP contribution in [0.5, 0.6) is 0 Å². The Kier molecular flexibility index (Phi) is 4.22. The van der Waals surface area contributed by atoms with Crippen LogP contribution in [-0.4, -0.2) is 47.6 Å². The van der Waals surface area contributed by atoms with Crippen LogP contribution in [0.4, 0.5) is 0 Å². The van der Waals surface area contributed by atoms with E-state index in [1.165, 1.54) is 0 Å². The van der Waals surface area contributed by atoms with E-state index in [1.54, 1.807) is 4.90 Å². The fourth-order valence-corrected chi connectivity index (χ4v) is 2.96. The number of aliphatic carboxylic acids is 1. The lowest BCUT2D eigenvalue weighted by Crippen LogP contribution is -2.54. The number of likely N-dealkylation sites (tertiary alicyclic amines) is 1. The molecule has 0 aromatic carbocycles. The van der Waals surface area contributed by atoms with Crippen molar-refractivity contribution in [3.8, 4) is 0 Å². The van der Waals surface area contributed by atoms with Gasteiger partial charge in [0.1, 0.15) is 0 Å². The molecule has 0 aromatic rings. The Morgan fingerprint density at radius 3 is 2.72 bits per heavy atom. The van der Waals surface area contributed by atoms with Gasteiger partial charge in [-0.3, -0.25) is 9.59 Å². The van der Waals surface area contributed by atoms with Crippen molar-refractivity contribution in [3.05, 3.63) is 0 Å². The molecule has 2 aliphatic rings. The van der Waals surface area contributed by atoms with Gasteiger partial charge in [0.15, 0.2) is 0 Å². The van der Waals surface area contributed by atoms with Gasteiger partial charge in [0.25, 0.3) is 0 Å². The van der Waals surface area contributed by atoms with E-state index in [2.05, 4.69) is 12.2 Å². The molecule has 2 N–H and O–H groups in total. The summed E-state index contributed by atoms with van der Waals surface area (Å²) in [6, 6.07) is -0.119. The monoisotopic (exact) mass is 254 g/mol. The SMILES string of the molecule is CC1CCCNC1C(=O)N1CCC[C@@H](C(=O)O)C1. The van der Waals surface area contributed by atoms with Crippen LogP contribution >= 0.6 is 0 Å². The lowest BCUT2D eigenvalue weighted by molar-refractivity contribution is -0.146.